The highest BCUT2D eigenvalue weighted by atomic mass is 19.3. The molecule has 86 valence electrons. The van der Waals surface area contributed by atoms with Crippen LogP contribution in [0.3, 0.4) is 0 Å². The number of hydrogen-bond acceptors (Lipinski definition) is 3. The Kier molecular flexibility index (Phi) is 10.6. The Hall–Kier alpha value is -0.260. The first-order valence-corrected chi connectivity index (χ1v) is 4.91. The quantitative estimate of drug-likeness (QED) is 0.552. The van der Waals surface area contributed by atoms with Crippen LogP contribution in [0.5, 0.6) is 0 Å². The predicted molar refractivity (Wildman–Crippen MR) is 50.8 cm³/mol. The molecule has 0 amide bonds. The summed E-state index contributed by atoms with van der Waals surface area (Å²) in [7, 11) is 0. The van der Waals surface area contributed by atoms with Crippen molar-refractivity contribution in [1.29, 1.82) is 0 Å². The first-order chi connectivity index (χ1) is 6.77. The van der Waals surface area contributed by atoms with E-state index in [-0.39, 0.29) is 0 Å². The summed E-state index contributed by atoms with van der Waals surface area (Å²) >= 11 is 0. The molecule has 0 aromatic heterocycles. The fraction of sp³-hybridized carbons (Fsp3) is 1.00. The lowest BCUT2D eigenvalue weighted by atomic mass is 10.5. The molecule has 0 aliphatic carbocycles. The lowest BCUT2D eigenvalue weighted by Gasteiger charge is -2.06. The normalized spacial score (nSPS) is 11.1. The Bertz CT molecular complexity index is 115. The van der Waals surface area contributed by atoms with Crippen molar-refractivity contribution in [3.8, 4) is 0 Å². The van der Waals surface area contributed by atoms with Crippen molar-refractivity contribution in [3.63, 3.8) is 0 Å². The second-order valence-corrected chi connectivity index (χ2v) is 2.83. The van der Waals surface area contributed by atoms with Crippen LogP contribution in [-0.2, 0) is 9.47 Å². The van der Waals surface area contributed by atoms with Crippen LogP contribution in [0.4, 0.5) is 8.78 Å². The number of hydrogen-bond donors (Lipinski definition) is 1. The third-order valence-corrected chi connectivity index (χ3v) is 1.44. The molecule has 0 unspecified atom stereocenters. The summed E-state index contributed by atoms with van der Waals surface area (Å²) in [6.07, 6.45) is -1.36. The van der Waals surface area contributed by atoms with Crippen molar-refractivity contribution in [3.05, 3.63) is 0 Å². The average molecular weight is 211 g/mol. The molecule has 3 nitrogen and oxygen atoms in total. The number of nitrogens with one attached hydrogen (secondary N) is 1. The van der Waals surface area contributed by atoms with Gasteiger partial charge in [-0.2, -0.15) is 0 Å². The maximum absolute atomic E-state index is 11.6. The van der Waals surface area contributed by atoms with Crippen molar-refractivity contribution in [2.75, 3.05) is 39.5 Å². The van der Waals surface area contributed by atoms with Crippen LogP contribution >= 0.6 is 0 Å². The van der Waals surface area contributed by atoms with Crippen LogP contribution in [0.1, 0.15) is 13.3 Å². The van der Waals surface area contributed by atoms with Gasteiger partial charge in [-0.15, -0.1) is 0 Å². The maximum atomic E-state index is 11.6. The fourth-order valence-electron chi connectivity index (χ4n) is 0.832. The van der Waals surface area contributed by atoms with Gasteiger partial charge >= 0.3 is 0 Å². The molecular formula is C9H19F2NO2. The van der Waals surface area contributed by atoms with Crippen molar-refractivity contribution >= 4 is 0 Å². The molecule has 0 fully saturated rings. The lowest BCUT2D eigenvalue weighted by Crippen LogP contribution is -2.24. The van der Waals surface area contributed by atoms with Crippen LogP contribution in [0.25, 0.3) is 0 Å². The van der Waals surface area contributed by atoms with E-state index < -0.39 is 13.0 Å². The Balaban J connectivity index is 2.85. The topological polar surface area (TPSA) is 30.5 Å². The number of halogens is 2. The molecular weight excluding hydrogens is 192 g/mol. The Morgan fingerprint density at radius 1 is 1.07 bits per heavy atom. The van der Waals surface area contributed by atoms with E-state index in [9.17, 15) is 8.78 Å². The van der Waals surface area contributed by atoms with Crippen molar-refractivity contribution in [2.45, 2.75) is 19.8 Å². The van der Waals surface area contributed by atoms with E-state index in [1.807, 2.05) is 6.92 Å². The zero-order valence-corrected chi connectivity index (χ0v) is 8.60. The second kappa shape index (κ2) is 10.8. The first-order valence-electron chi connectivity index (χ1n) is 4.91. The Morgan fingerprint density at radius 3 is 2.29 bits per heavy atom. The molecule has 1 N–H and O–H groups in total. The van der Waals surface area contributed by atoms with Crippen LogP contribution in [0.2, 0.25) is 0 Å². The van der Waals surface area contributed by atoms with Crippen molar-refractivity contribution < 1.29 is 18.3 Å². The lowest BCUT2D eigenvalue weighted by molar-refractivity contribution is 0.0183. The van der Waals surface area contributed by atoms with E-state index in [0.717, 1.165) is 19.6 Å². The minimum absolute atomic E-state index is 0.318. The number of rotatable bonds is 10. The van der Waals surface area contributed by atoms with E-state index in [1.165, 1.54) is 0 Å². The van der Waals surface area contributed by atoms with E-state index in [0.29, 0.717) is 19.8 Å². The van der Waals surface area contributed by atoms with Gasteiger partial charge in [-0.3, -0.25) is 0 Å². The SMILES string of the molecule is CCCOCCNCCOCC(F)F. The fourth-order valence-corrected chi connectivity index (χ4v) is 0.832. The zero-order valence-electron chi connectivity index (χ0n) is 8.60. The summed E-state index contributed by atoms with van der Waals surface area (Å²) in [5.74, 6) is 0. The Morgan fingerprint density at radius 2 is 1.71 bits per heavy atom. The molecule has 0 atom stereocenters. The minimum Gasteiger partial charge on any atom is -0.380 e. The van der Waals surface area contributed by atoms with Crippen molar-refractivity contribution in [2.24, 2.45) is 0 Å². The third-order valence-electron chi connectivity index (χ3n) is 1.44. The van der Waals surface area contributed by atoms with Crippen LogP contribution in [-0.4, -0.2) is 45.9 Å². The highest BCUT2D eigenvalue weighted by molar-refractivity contribution is 4.45. The minimum atomic E-state index is -2.37. The molecule has 0 aromatic rings. The highest BCUT2D eigenvalue weighted by Crippen LogP contribution is 1.91. The average Bonchev–Trinajstić information content (AvgIpc) is 2.15. The van der Waals surface area contributed by atoms with Gasteiger partial charge in [0.05, 0.1) is 13.2 Å². The largest absolute Gasteiger partial charge is 0.380 e. The molecule has 14 heavy (non-hydrogen) atoms. The van der Waals surface area contributed by atoms with Gasteiger partial charge in [0.1, 0.15) is 6.61 Å². The van der Waals surface area contributed by atoms with Gasteiger partial charge in [-0.1, -0.05) is 6.92 Å². The van der Waals surface area contributed by atoms with Crippen molar-refractivity contribution in [1.82, 2.24) is 5.32 Å². The van der Waals surface area contributed by atoms with Gasteiger partial charge in [0.2, 0.25) is 0 Å². The first kappa shape index (κ1) is 13.7. The number of ether oxygens (including phenoxy) is 2. The third kappa shape index (κ3) is 11.7. The highest BCUT2D eigenvalue weighted by Gasteiger charge is 2.00. The van der Waals surface area contributed by atoms with E-state index in [1.54, 1.807) is 0 Å². The molecule has 0 rings (SSSR count). The molecule has 0 aliphatic heterocycles. The molecule has 0 aliphatic rings. The summed E-state index contributed by atoms with van der Waals surface area (Å²) in [5.41, 5.74) is 0. The number of alkyl halides is 2. The summed E-state index contributed by atoms with van der Waals surface area (Å²) in [6.45, 7) is 4.63. The van der Waals surface area contributed by atoms with Crippen LogP contribution in [0.15, 0.2) is 0 Å². The predicted octanol–water partition coefficient (Wildman–Crippen LogP) is 1.28. The smallest absolute Gasteiger partial charge is 0.261 e. The molecule has 0 radical (unpaired) electrons. The van der Waals surface area contributed by atoms with Gasteiger partial charge in [-0.05, 0) is 6.42 Å². The second-order valence-electron chi connectivity index (χ2n) is 2.83. The standard InChI is InChI=1S/C9H19F2NO2/c1-2-5-13-6-3-12-4-7-14-8-9(10)11/h9,12H,2-8H2,1H3. The van der Waals surface area contributed by atoms with Crippen LogP contribution < -0.4 is 5.32 Å². The Labute approximate surface area is 83.8 Å². The van der Waals surface area contributed by atoms with Gasteiger partial charge in [0.15, 0.2) is 0 Å². The van der Waals surface area contributed by atoms with Crippen LogP contribution in [0, 0.1) is 0 Å². The van der Waals surface area contributed by atoms with Gasteiger partial charge in [0.25, 0.3) is 6.43 Å². The zero-order chi connectivity index (χ0) is 10.6. The summed E-state index contributed by atoms with van der Waals surface area (Å²) in [4.78, 5) is 0. The molecule has 5 heteroatoms. The van der Waals surface area contributed by atoms with E-state index >= 15 is 0 Å². The van der Waals surface area contributed by atoms with E-state index in [2.05, 4.69) is 10.1 Å². The van der Waals surface area contributed by atoms with Gasteiger partial charge < -0.3 is 14.8 Å². The summed E-state index contributed by atoms with van der Waals surface area (Å²) in [6, 6.07) is 0. The van der Waals surface area contributed by atoms with Gasteiger partial charge in [0, 0.05) is 19.7 Å². The summed E-state index contributed by atoms with van der Waals surface area (Å²) in [5, 5.41) is 3.02. The summed E-state index contributed by atoms with van der Waals surface area (Å²) < 4.78 is 33.0. The molecule has 0 aromatic carbocycles. The molecule has 0 saturated heterocycles. The molecule has 0 saturated carbocycles. The van der Waals surface area contributed by atoms with Gasteiger partial charge in [-0.25, -0.2) is 8.78 Å². The molecule has 0 spiro atoms. The molecule has 0 heterocycles. The maximum Gasteiger partial charge on any atom is 0.261 e. The monoisotopic (exact) mass is 211 g/mol. The van der Waals surface area contributed by atoms with E-state index in [4.69, 9.17) is 4.74 Å². The molecule has 0 bridgehead atoms.